The molecule has 0 bridgehead atoms. The Morgan fingerprint density at radius 2 is 2.22 bits per heavy atom. The van der Waals surface area contributed by atoms with Crippen LogP contribution in [0.4, 0.5) is 5.95 Å². The second-order valence-electron chi connectivity index (χ2n) is 4.12. The van der Waals surface area contributed by atoms with Gasteiger partial charge in [-0.15, -0.1) is 11.3 Å². The molecular weight excluding hydrogens is 248 g/mol. The van der Waals surface area contributed by atoms with Crippen molar-refractivity contribution in [2.45, 2.75) is 33.4 Å². The molecule has 0 amide bonds. The van der Waals surface area contributed by atoms with Crippen LogP contribution in [0.2, 0.25) is 0 Å². The normalized spacial score (nSPS) is 10.7. The maximum Gasteiger partial charge on any atom is 0.226 e. The topological polar surface area (TPSA) is 59.9 Å². The number of nitrogens with zero attached hydrogens (tertiary/aromatic N) is 3. The smallest absolute Gasteiger partial charge is 0.226 e. The van der Waals surface area contributed by atoms with E-state index < -0.39 is 0 Å². The molecule has 0 radical (unpaired) electrons. The number of thiazole rings is 1. The van der Waals surface area contributed by atoms with Crippen molar-refractivity contribution >= 4 is 17.3 Å². The van der Waals surface area contributed by atoms with Crippen molar-refractivity contribution in [2.24, 2.45) is 0 Å². The molecule has 5 nitrogen and oxygen atoms in total. The van der Waals surface area contributed by atoms with Gasteiger partial charge < -0.3 is 10.1 Å². The molecular formula is C12H16N4OS. The molecule has 0 aliphatic rings. The maximum atomic E-state index is 5.57. The highest BCUT2D eigenvalue weighted by Crippen LogP contribution is 2.14. The molecule has 0 aliphatic carbocycles. The van der Waals surface area contributed by atoms with Crippen molar-refractivity contribution in [3.8, 4) is 5.88 Å². The molecule has 96 valence electrons. The van der Waals surface area contributed by atoms with Gasteiger partial charge in [0.15, 0.2) is 0 Å². The predicted octanol–water partition coefficient (Wildman–Crippen LogP) is 2.64. The summed E-state index contributed by atoms with van der Waals surface area (Å²) in [5.41, 5.74) is 0.877. The summed E-state index contributed by atoms with van der Waals surface area (Å²) in [6.07, 6.45) is 1.89. The van der Waals surface area contributed by atoms with E-state index in [2.05, 4.69) is 20.3 Å². The van der Waals surface area contributed by atoms with Gasteiger partial charge in [-0.05, 0) is 20.8 Å². The largest absolute Gasteiger partial charge is 0.475 e. The van der Waals surface area contributed by atoms with Crippen LogP contribution in [0.1, 0.15) is 24.5 Å². The lowest BCUT2D eigenvalue weighted by atomic mass is 10.4. The quantitative estimate of drug-likeness (QED) is 0.899. The molecule has 0 aromatic carbocycles. The fraction of sp³-hybridized carbons (Fsp3) is 0.417. The Kier molecular flexibility index (Phi) is 4.09. The average molecular weight is 264 g/mol. The van der Waals surface area contributed by atoms with Gasteiger partial charge in [-0.3, -0.25) is 0 Å². The van der Waals surface area contributed by atoms with Gasteiger partial charge in [-0.1, -0.05) is 0 Å². The molecule has 6 heteroatoms. The highest BCUT2D eigenvalue weighted by molar-refractivity contribution is 7.09. The van der Waals surface area contributed by atoms with Crippen molar-refractivity contribution in [3.63, 3.8) is 0 Å². The number of hydrogen-bond donors (Lipinski definition) is 1. The lowest BCUT2D eigenvalue weighted by molar-refractivity contribution is 0.232. The van der Waals surface area contributed by atoms with Crippen LogP contribution >= 0.6 is 11.3 Å². The van der Waals surface area contributed by atoms with Crippen LogP contribution in [0.5, 0.6) is 5.88 Å². The zero-order chi connectivity index (χ0) is 13.0. The van der Waals surface area contributed by atoms with Crippen LogP contribution in [0.15, 0.2) is 17.6 Å². The van der Waals surface area contributed by atoms with E-state index >= 15 is 0 Å². The van der Waals surface area contributed by atoms with Gasteiger partial charge in [-0.25, -0.2) is 9.97 Å². The van der Waals surface area contributed by atoms with Crippen LogP contribution in [0, 0.1) is 6.92 Å². The van der Waals surface area contributed by atoms with E-state index in [9.17, 15) is 0 Å². The van der Waals surface area contributed by atoms with E-state index in [1.165, 1.54) is 0 Å². The first kappa shape index (κ1) is 12.8. The van der Waals surface area contributed by atoms with Gasteiger partial charge >= 0.3 is 0 Å². The van der Waals surface area contributed by atoms with Crippen molar-refractivity contribution in [1.82, 2.24) is 15.0 Å². The Hall–Kier alpha value is -1.69. The van der Waals surface area contributed by atoms with E-state index in [1.54, 1.807) is 17.5 Å². The number of aromatic nitrogens is 3. The second-order valence-corrected chi connectivity index (χ2v) is 5.10. The minimum absolute atomic E-state index is 0.103. The minimum atomic E-state index is 0.103. The van der Waals surface area contributed by atoms with Crippen LogP contribution < -0.4 is 10.1 Å². The molecule has 0 atom stereocenters. The van der Waals surface area contributed by atoms with Crippen molar-refractivity contribution in [1.29, 1.82) is 0 Å². The monoisotopic (exact) mass is 264 g/mol. The molecule has 0 aliphatic heterocycles. The summed E-state index contributed by atoms with van der Waals surface area (Å²) in [7, 11) is 0. The second kappa shape index (κ2) is 5.77. The standard InChI is InChI=1S/C12H16N4OS/c1-8(2)17-10-6-9(3)15-12(16-10)14-7-11-13-4-5-18-11/h4-6,8H,7H2,1-3H3,(H,14,15,16). The van der Waals surface area contributed by atoms with Crippen LogP contribution in [-0.4, -0.2) is 21.1 Å². The van der Waals surface area contributed by atoms with Crippen LogP contribution in [-0.2, 0) is 6.54 Å². The number of rotatable bonds is 5. The summed E-state index contributed by atoms with van der Waals surface area (Å²) < 4.78 is 5.57. The Morgan fingerprint density at radius 3 is 2.89 bits per heavy atom. The lowest BCUT2D eigenvalue weighted by Gasteiger charge is -2.10. The first-order valence-electron chi connectivity index (χ1n) is 5.78. The Morgan fingerprint density at radius 1 is 1.39 bits per heavy atom. The van der Waals surface area contributed by atoms with Crippen molar-refractivity contribution < 1.29 is 4.74 Å². The summed E-state index contributed by atoms with van der Waals surface area (Å²) in [6.45, 7) is 6.49. The SMILES string of the molecule is Cc1cc(OC(C)C)nc(NCc2nccs2)n1. The molecule has 0 unspecified atom stereocenters. The van der Waals surface area contributed by atoms with E-state index in [0.29, 0.717) is 18.4 Å². The minimum Gasteiger partial charge on any atom is -0.475 e. The van der Waals surface area contributed by atoms with Crippen LogP contribution in [0.3, 0.4) is 0 Å². The Balaban J connectivity index is 2.05. The molecule has 0 fully saturated rings. The maximum absolute atomic E-state index is 5.57. The van der Waals surface area contributed by atoms with E-state index in [1.807, 2.05) is 32.2 Å². The molecule has 2 aromatic rings. The van der Waals surface area contributed by atoms with Crippen molar-refractivity contribution in [3.05, 3.63) is 28.3 Å². The number of aryl methyl sites for hydroxylation is 1. The number of ether oxygens (including phenoxy) is 1. The number of nitrogens with one attached hydrogen (secondary N) is 1. The third-order valence-electron chi connectivity index (χ3n) is 2.07. The fourth-order valence-corrected chi connectivity index (χ4v) is 1.97. The van der Waals surface area contributed by atoms with E-state index in [0.717, 1.165) is 10.7 Å². The summed E-state index contributed by atoms with van der Waals surface area (Å²) in [5.74, 6) is 1.17. The predicted molar refractivity (Wildman–Crippen MR) is 72.0 cm³/mol. The lowest BCUT2D eigenvalue weighted by Crippen LogP contribution is -2.10. The number of anilines is 1. The first-order chi connectivity index (χ1) is 8.63. The highest BCUT2D eigenvalue weighted by Gasteiger charge is 2.05. The van der Waals surface area contributed by atoms with Gasteiger partial charge in [-0.2, -0.15) is 4.98 Å². The Labute approximate surface area is 110 Å². The molecule has 1 N–H and O–H groups in total. The molecule has 18 heavy (non-hydrogen) atoms. The van der Waals surface area contributed by atoms with Crippen LogP contribution in [0.25, 0.3) is 0 Å². The Bertz CT molecular complexity index is 499. The van der Waals surface area contributed by atoms with Gasteiger partial charge in [0.2, 0.25) is 11.8 Å². The fourth-order valence-electron chi connectivity index (χ4n) is 1.42. The summed E-state index contributed by atoms with van der Waals surface area (Å²) in [5, 5.41) is 6.10. The molecule has 0 saturated carbocycles. The van der Waals surface area contributed by atoms with Gasteiger partial charge in [0.05, 0.1) is 12.6 Å². The zero-order valence-corrected chi connectivity index (χ0v) is 11.5. The average Bonchev–Trinajstić information content (AvgIpc) is 2.77. The zero-order valence-electron chi connectivity index (χ0n) is 10.7. The first-order valence-corrected chi connectivity index (χ1v) is 6.66. The molecule has 2 rings (SSSR count). The highest BCUT2D eigenvalue weighted by atomic mass is 32.1. The van der Waals surface area contributed by atoms with Crippen molar-refractivity contribution in [2.75, 3.05) is 5.32 Å². The van der Waals surface area contributed by atoms with Gasteiger partial charge in [0.1, 0.15) is 5.01 Å². The summed E-state index contributed by atoms with van der Waals surface area (Å²) in [4.78, 5) is 12.8. The van der Waals surface area contributed by atoms with Gasteiger partial charge in [0, 0.05) is 23.3 Å². The van der Waals surface area contributed by atoms with E-state index in [4.69, 9.17) is 4.74 Å². The summed E-state index contributed by atoms with van der Waals surface area (Å²) >= 11 is 1.60. The third kappa shape index (κ3) is 3.66. The molecule has 0 saturated heterocycles. The molecule has 2 heterocycles. The van der Waals surface area contributed by atoms with Gasteiger partial charge in [0.25, 0.3) is 0 Å². The molecule has 2 aromatic heterocycles. The third-order valence-corrected chi connectivity index (χ3v) is 2.85. The van der Waals surface area contributed by atoms with E-state index in [-0.39, 0.29) is 6.10 Å². The number of hydrogen-bond acceptors (Lipinski definition) is 6. The molecule has 0 spiro atoms. The summed E-state index contributed by atoms with van der Waals surface area (Å²) in [6, 6.07) is 1.83.